The van der Waals surface area contributed by atoms with Crippen LogP contribution in [-0.2, 0) is 28.6 Å². The van der Waals surface area contributed by atoms with Gasteiger partial charge in [-0.3, -0.25) is 14.4 Å². The first-order valence-corrected chi connectivity index (χ1v) is 23.6. The number of unbranched alkanes of at least 4 members (excludes halogenated alkanes) is 16. The Morgan fingerprint density at radius 3 is 1.19 bits per heavy atom. The van der Waals surface area contributed by atoms with Crippen molar-refractivity contribution in [1.29, 1.82) is 0 Å². The van der Waals surface area contributed by atoms with E-state index in [0.717, 1.165) is 89.9 Å². The summed E-state index contributed by atoms with van der Waals surface area (Å²) in [6, 6.07) is 0. The predicted octanol–water partition coefficient (Wildman–Crippen LogP) is 15.3. The van der Waals surface area contributed by atoms with Crippen LogP contribution in [0.1, 0.15) is 207 Å². The van der Waals surface area contributed by atoms with Gasteiger partial charge in [0.15, 0.2) is 6.10 Å². The Bertz CT molecular complexity index is 1160. The van der Waals surface area contributed by atoms with E-state index in [9.17, 15) is 14.4 Å². The second-order valence-corrected chi connectivity index (χ2v) is 15.3. The van der Waals surface area contributed by atoms with Crippen LogP contribution in [0, 0.1) is 0 Å². The third-order valence-electron chi connectivity index (χ3n) is 9.65. The van der Waals surface area contributed by atoms with Crippen molar-refractivity contribution in [2.45, 2.75) is 213 Å². The zero-order chi connectivity index (χ0) is 42.3. The first kappa shape index (κ1) is 54.6. The van der Waals surface area contributed by atoms with Crippen molar-refractivity contribution in [2.75, 3.05) is 13.2 Å². The molecule has 0 heterocycles. The molecule has 0 aromatic carbocycles. The molecule has 6 nitrogen and oxygen atoms in total. The third-order valence-corrected chi connectivity index (χ3v) is 9.65. The van der Waals surface area contributed by atoms with Gasteiger partial charge in [0.25, 0.3) is 0 Å². The Kier molecular flexibility index (Phi) is 43.6. The van der Waals surface area contributed by atoms with Crippen LogP contribution in [0.2, 0.25) is 0 Å². The summed E-state index contributed by atoms with van der Waals surface area (Å²) in [4.78, 5) is 37.7. The maximum atomic E-state index is 12.7. The summed E-state index contributed by atoms with van der Waals surface area (Å²) < 4.78 is 16.6. The number of esters is 3. The maximum absolute atomic E-state index is 12.7. The summed E-state index contributed by atoms with van der Waals surface area (Å²) in [5, 5.41) is 0. The summed E-state index contributed by atoms with van der Waals surface area (Å²) in [5.41, 5.74) is 0. The minimum Gasteiger partial charge on any atom is -0.462 e. The number of carbonyl (C=O) groups excluding carboxylic acids is 3. The highest BCUT2D eigenvalue weighted by molar-refractivity contribution is 5.71. The largest absolute Gasteiger partial charge is 0.462 e. The zero-order valence-corrected chi connectivity index (χ0v) is 37.5. The van der Waals surface area contributed by atoms with Crippen LogP contribution in [0.3, 0.4) is 0 Å². The molecule has 0 radical (unpaired) electrons. The van der Waals surface area contributed by atoms with E-state index in [4.69, 9.17) is 14.2 Å². The number of hydrogen-bond donors (Lipinski definition) is 0. The monoisotopic (exact) mass is 807 g/mol. The highest BCUT2D eigenvalue weighted by atomic mass is 16.6. The van der Waals surface area contributed by atoms with Crippen LogP contribution in [0.5, 0.6) is 0 Å². The molecule has 0 aromatic rings. The SMILES string of the molecule is CC/C=C\C/C=C\C/C=C\C/C=C\C/C=C\C/C=C\CCC(=O)OC[C@@H](COC(=O)CCCCCCCCCCC)OC(=O)CCCCCCC/C=C\CCCCC. The Morgan fingerprint density at radius 1 is 0.362 bits per heavy atom. The summed E-state index contributed by atoms with van der Waals surface area (Å²) in [7, 11) is 0. The summed E-state index contributed by atoms with van der Waals surface area (Å²) in [6.45, 7) is 6.38. The first-order valence-electron chi connectivity index (χ1n) is 23.6. The molecule has 0 saturated carbocycles. The van der Waals surface area contributed by atoms with Gasteiger partial charge in [0.2, 0.25) is 0 Å². The van der Waals surface area contributed by atoms with Gasteiger partial charge in [-0.05, 0) is 83.5 Å². The molecule has 0 spiro atoms. The van der Waals surface area contributed by atoms with Crippen LogP contribution in [-0.4, -0.2) is 37.2 Å². The molecular weight excluding hydrogens is 721 g/mol. The van der Waals surface area contributed by atoms with E-state index in [1.54, 1.807) is 0 Å². The summed E-state index contributed by atoms with van der Waals surface area (Å²) >= 11 is 0. The highest BCUT2D eigenvalue weighted by Crippen LogP contribution is 2.13. The quantitative estimate of drug-likeness (QED) is 0.0265. The molecule has 0 saturated heterocycles. The van der Waals surface area contributed by atoms with Crippen molar-refractivity contribution in [3.05, 3.63) is 85.1 Å². The minimum absolute atomic E-state index is 0.103. The molecule has 0 aliphatic carbocycles. The molecule has 1 atom stereocenters. The van der Waals surface area contributed by atoms with E-state index < -0.39 is 6.10 Å². The lowest BCUT2D eigenvalue weighted by Gasteiger charge is -2.18. The van der Waals surface area contributed by atoms with Gasteiger partial charge in [0.05, 0.1) is 0 Å². The Balaban J connectivity index is 4.47. The molecule has 58 heavy (non-hydrogen) atoms. The van der Waals surface area contributed by atoms with E-state index in [2.05, 4.69) is 93.7 Å². The topological polar surface area (TPSA) is 78.9 Å². The van der Waals surface area contributed by atoms with Gasteiger partial charge in [-0.15, -0.1) is 0 Å². The molecule has 0 fully saturated rings. The van der Waals surface area contributed by atoms with Crippen molar-refractivity contribution in [3.8, 4) is 0 Å². The number of allylic oxidation sites excluding steroid dienone is 14. The van der Waals surface area contributed by atoms with Crippen LogP contribution in [0.4, 0.5) is 0 Å². The Labute approximate surface area is 356 Å². The van der Waals surface area contributed by atoms with E-state index in [0.29, 0.717) is 19.3 Å². The van der Waals surface area contributed by atoms with Gasteiger partial charge < -0.3 is 14.2 Å². The summed E-state index contributed by atoms with van der Waals surface area (Å²) in [6.07, 6.45) is 58.6. The maximum Gasteiger partial charge on any atom is 0.306 e. The first-order chi connectivity index (χ1) is 28.5. The van der Waals surface area contributed by atoms with Crippen LogP contribution in [0.15, 0.2) is 85.1 Å². The van der Waals surface area contributed by atoms with Crippen molar-refractivity contribution in [1.82, 2.24) is 0 Å². The Morgan fingerprint density at radius 2 is 0.707 bits per heavy atom. The van der Waals surface area contributed by atoms with Gasteiger partial charge in [0.1, 0.15) is 13.2 Å². The molecular formula is C52H86O6. The molecule has 0 rings (SSSR count). The number of ether oxygens (including phenoxy) is 3. The number of rotatable bonds is 41. The fourth-order valence-corrected chi connectivity index (χ4v) is 6.11. The second-order valence-electron chi connectivity index (χ2n) is 15.3. The van der Waals surface area contributed by atoms with Gasteiger partial charge in [0, 0.05) is 19.3 Å². The zero-order valence-electron chi connectivity index (χ0n) is 37.5. The molecule has 0 amide bonds. The summed E-state index contributed by atoms with van der Waals surface area (Å²) in [5.74, 6) is -1.01. The average molecular weight is 807 g/mol. The van der Waals surface area contributed by atoms with Crippen molar-refractivity contribution >= 4 is 17.9 Å². The fraction of sp³-hybridized carbons (Fsp3) is 0.673. The third kappa shape index (κ3) is 43.7. The van der Waals surface area contributed by atoms with E-state index in [-0.39, 0.29) is 37.5 Å². The minimum atomic E-state index is -0.807. The number of hydrogen-bond acceptors (Lipinski definition) is 6. The van der Waals surface area contributed by atoms with Gasteiger partial charge in [-0.2, -0.15) is 0 Å². The van der Waals surface area contributed by atoms with Gasteiger partial charge in [-0.25, -0.2) is 0 Å². The second kappa shape index (κ2) is 46.3. The average Bonchev–Trinajstić information content (AvgIpc) is 3.22. The van der Waals surface area contributed by atoms with Gasteiger partial charge >= 0.3 is 17.9 Å². The van der Waals surface area contributed by atoms with Crippen LogP contribution < -0.4 is 0 Å². The van der Waals surface area contributed by atoms with E-state index in [1.165, 1.54) is 70.6 Å². The lowest BCUT2D eigenvalue weighted by atomic mass is 10.1. The van der Waals surface area contributed by atoms with Crippen molar-refractivity contribution < 1.29 is 28.6 Å². The van der Waals surface area contributed by atoms with Crippen molar-refractivity contribution in [2.24, 2.45) is 0 Å². The molecule has 330 valence electrons. The predicted molar refractivity (Wildman–Crippen MR) is 247 cm³/mol. The molecule has 6 heteroatoms. The standard InChI is InChI=1S/C52H86O6/c1-4-7-10-13-16-19-21-23-24-25-26-27-28-29-31-33-36-39-42-45-51(54)57-48-49(47-56-50(53)44-41-38-35-32-18-15-12-9-6-3)58-52(55)46-43-40-37-34-30-22-20-17-14-11-8-5-2/h7,10,16-17,19-20,23-24,26-27,29,31,36,39,49H,4-6,8-9,11-15,18,21-22,25,28,30,32-35,37-38,40-48H2,1-3H3/b10-7-,19-16-,20-17-,24-23-,27-26-,31-29-,39-36-/t49-/m1/s1. The lowest BCUT2D eigenvalue weighted by molar-refractivity contribution is -0.166. The van der Waals surface area contributed by atoms with E-state index in [1.807, 2.05) is 12.2 Å². The Hall–Kier alpha value is -3.41. The fourth-order valence-electron chi connectivity index (χ4n) is 6.11. The molecule has 0 bridgehead atoms. The lowest BCUT2D eigenvalue weighted by Crippen LogP contribution is -2.30. The molecule has 0 aliphatic heterocycles. The van der Waals surface area contributed by atoms with Gasteiger partial charge in [-0.1, -0.05) is 189 Å². The molecule has 0 aromatic heterocycles. The highest BCUT2D eigenvalue weighted by Gasteiger charge is 2.19. The van der Waals surface area contributed by atoms with Crippen LogP contribution in [0.25, 0.3) is 0 Å². The molecule has 0 aliphatic rings. The normalized spacial score (nSPS) is 12.8. The molecule has 0 N–H and O–H groups in total. The molecule has 0 unspecified atom stereocenters. The smallest absolute Gasteiger partial charge is 0.306 e. The van der Waals surface area contributed by atoms with Crippen molar-refractivity contribution in [3.63, 3.8) is 0 Å². The van der Waals surface area contributed by atoms with Crippen LogP contribution >= 0.6 is 0 Å². The number of carbonyl (C=O) groups is 3. The van der Waals surface area contributed by atoms with E-state index >= 15 is 0 Å².